The second-order valence-corrected chi connectivity index (χ2v) is 4.62. The van der Waals surface area contributed by atoms with Crippen LogP contribution < -0.4 is 0 Å². The van der Waals surface area contributed by atoms with Crippen molar-refractivity contribution in [2.45, 2.75) is 13.8 Å². The minimum absolute atomic E-state index is 0.0368. The van der Waals surface area contributed by atoms with Gasteiger partial charge in [0.1, 0.15) is 5.75 Å². The van der Waals surface area contributed by atoms with Gasteiger partial charge in [0.25, 0.3) is 0 Å². The normalized spacial score (nSPS) is 10.6. The maximum absolute atomic E-state index is 12.0. The SMILES string of the molecule is CC(C)C(=O)c1cc(-c2ccccc2)ccc1O. The van der Waals surface area contributed by atoms with Crippen molar-refractivity contribution in [2.24, 2.45) is 5.92 Å². The third-order valence-electron chi connectivity index (χ3n) is 2.89. The highest BCUT2D eigenvalue weighted by atomic mass is 16.3. The van der Waals surface area contributed by atoms with E-state index in [9.17, 15) is 9.90 Å². The minimum atomic E-state index is -0.123. The van der Waals surface area contributed by atoms with Gasteiger partial charge in [-0.05, 0) is 23.3 Å². The molecule has 92 valence electrons. The number of ketones is 1. The summed E-state index contributed by atoms with van der Waals surface area (Å²) in [6.07, 6.45) is 0. The van der Waals surface area contributed by atoms with Crippen LogP contribution in [0.1, 0.15) is 24.2 Å². The third kappa shape index (κ3) is 2.43. The summed E-state index contributed by atoms with van der Waals surface area (Å²) in [5, 5.41) is 9.78. The van der Waals surface area contributed by atoms with Gasteiger partial charge in [-0.25, -0.2) is 0 Å². The molecule has 0 saturated carbocycles. The Morgan fingerprint density at radius 3 is 2.28 bits per heavy atom. The number of hydrogen-bond donors (Lipinski definition) is 1. The number of phenols is 1. The Kier molecular flexibility index (Phi) is 3.47. The maximum Gasteiger partial charge on any atom is 0.169 e. The van der Waals surface area contributed by atoms with E-state index in [0.29, 0.717) is 5.56 Å². The van der Waals surface area contributed by atoms with Gasteiger partial charge in [0.2, 0.25) is 0 Å². The van der Waals surface area contributed by atoms with Crippen LogP contribution in [0.25, 0.3) is 11.1 Å². The van der Waals surface area contributed by atoms with Crippen molar-refractivity contribution in [3.63, 3.8) is 0 Å². The van der Waals surface area contributed by atoms with Gasteiger partial charge in [-0.2, -0.15) is 0 Å². The van der Waals surface area contributed by atoms with Crippen molar-refractivity contribution < 1.29 is 9.90 Å². The fourth-order valence-electron chi connectivity index (χ4n) is 1.85. The smallest absolute Gasteiger partial charge is 0.169 e. The Morgan fingerprint density at radius 2 is 1.67 bits per heavy atom. The van der Waals surface area contributed by atoms with Crippen LogP contribution in [0.4, 0.5) is 0 Å². The molecule has 2 nitrogen and oxygen atoms in total. The average Bonchev–Trinajstić information content (AvgIpc) is 2.39. The van der Waals surface area contributed by atoms with E-state index >= 15 is 0 Å². The number of rotatable bonds is 3. The molecule has 0 aliphatic rings. The van der Waals surface area contributed by atoms with E-state index in [1.54, 1.807) is 12.1 Å². The van der Waals surface area contributed by atoms with Gasteiger partial charge < -0.3 is 5.11 Å². The number of Topliss-reactive ketones (excluding diaryl/α,β-unsaturated/α-hetero) is 1. The highest BCUT2D eigenvalue weighted by Gasteiger charge is 2.15. The topological polar surface area (TPSA) is 37.3 Å². The van der Waals surface area contributed by atoms with Gasteiger partial charge in [-0.15, -0.1) is 0 Å². The fourth-order valence-corrected chi connectivity index (χ4v) is 1.85. The van der Waals surface area contributed by atoms with E-state index in [-0.39, 0.29) is 17.5 Å². The summed E-state index contributed by atoms with van der Waals surface area (Å²) in [5.74, 6) is -0.111. The van der Waals surface area contributed by atoms with E-state index < -0.39 is 0 Å². The van der Waals surface area contributed by atoms with Gasteiger partial charge in [-0.3, -0.25) is 4.79 Å². The predicted octanol–water partition coefficient (Wildman–Crippen LogP) is 3.90. The number of phenolic OH excluding ortho intramolecular Hbond substituents is 1. The van der Waals surface area contributed by atoms with E-state index in [4.69, 9.17) is 0 Å². The van der Waals surface area contributed by atoms with Crippen LogP contribution in [0.15, 0.2) is 48.5 Å². The molecule has 0 heterocycles. The number of carbonyl (C=O) groups is 1. The Hall–Kier alpha value is -2.09. The van der Waals surface area contributed by atoms with Crippen molar-refractivity contribution in [3.8, 4) is 16.9 Å². The Bertz CT molecular complexity index is 557. The Labute approximate surface area is 107 Å². The molecule has 0 saturated heterocycles. The Morgan fingerprint density at radius 1 is 1.00 bits per heavy atom. The summed E-state index contributed by atoms with van der Waals surface area (Å²) < 4.78 is 0. The molecule has 0 bridgehead atoms. The lowest BCUT2D eigenvalue weighted by molar-refractivity contribution is 0.0936. The molecule has 0 aromatic heterocycles. The molecule has 1 N–H and O–H groups in total. The zero-order valence-electron chi connectivity index (χ0n) is 10.6. The molecular weight excluding hydrogens is 224 g/mol. The summed E-state index contributed by atoms with van der Waals surface area (Å²) in [4.78, 5) is 12.0. The molecule has 18 heavy (non-hydrogen) atoms. The molecule has 0 atom stereocenters. The Balaban J connectivity index is 2.48. The molecule has 0 spiro atoms. The summed E-state index contributed by atoms with van der Waals surface area (Å²) in [6, 6.07) is 15.0. The quantitative estimate of drug-likeness (QED) is 0.826. The van der Waals surface area contributed by atoms with Gasteiger partial charge >= 0.3 is 0 Å². The second kappa shape index (κ2) is 5.05. The fraction of sp³-hybridized carbons (Fsp3) is 0.188. The van der Waals surface area contributed by atoms with E-state index in [0.717, 1.165) is 11.1 Å². The van der Waals surface area contributed by atoms with Crippen molar-refractivity contribution in [1.82, 2.24) is 0 Å². The van der Waals surface area contributed by atoms with Gasteiger partial charge in [0.05, 0.1) is 5.56 Å². The van der Waals surface area contributed by atoms with E-state index in [1.165, 1.54) is 0 Å². The number of hydrogen-bond acceptors (Lipinski definition) is 2. The van der Waals surface area contributed by atoms with Crippen molar-refractivity contribution >= 4 is 5.78 Å². The zero-order chi connectivity index (χ0) is 13.1. The lowest BCUT2D eigenvalue weighted by Crippen LogP contribution is -2.07. The average molecular weight is 240 g/mol. The number of benzene rings is 2. The first kappa shape index (κ1) is 12.4. The largest absolute Gasteiger partial charge is 0.507 e. The molecule has 0 fully saturated rings. The third-order valence-corrected chi connectivity index (χ3v) is 2.89. The van der Waals surface area contributed by atoms with Gasteiger partial charge in [0, 0.05) is 5.92 Å². The van der Waals surface area contributed by atoms with Crippen molar-refractivity contribution in [1.29, 1.82) is 0 Å². The highest BCUT2D eigenvalue weighted by molar-refractivity contribution is 6.00. The van der Waals surface area contributed by atoms with E-state index in [2.05, 4.69) is 0 Å². The van der Waals surface area contributed by atoms with Crippen LogP contribution in [0, 0.1) is 5.92 Å². The summed E-state index contributed by atoms with van der Waals surface area (Å²) in [5.41, 5.74) is 2.37. The monoisotopic (exact) mass is 240 g/mol. The zero-order valence-corrected chi connectivity index (χ0v) is 10.6. The van der Waals surface area contributed by atoms with Gasteiger partial charge in [-0.1, -0.05) is 50.2 Å². The van der Waals surface area contributed by atoms with Crippen LogP contribution in [-0.4, -0.2) is 10.9 Å². The molecular formula is C16H16O2. The van der Waals surface area contributed by atoms with Crippen molar-refractivity contribution in [3.05, 3.63) is 54.1 Å². The molecule has 2 heteroatoms. The summed E-state index contributed by atoms with van der Waals surface area (Å²) >= 11 is 0. The molecule has 2 aromatic rings. The van der Waals surface area contributed by atoms with Crippen LogP contribution in [0.3, 0.4) is 0 Å². The summed E-state index contributed by atoms with van der Waals surface area (Å²) in [6.45, 7) is 3.66. The molecule has 0 aliphatic heterocycles. The second-order valence-electron chi connectivity index (χ2n) is 4.62. The standard InChI is InChI=1S/C16H16O2/c1-11(2)16(18)14-10-13(8-9-15(14)17)12-6-4-3-5-7-12/h3-11,17H,1-2H3. The minimum Gasteiger partial charge on any atom is -0.507 e. The van der Waals surface area contributed by atoms with Crippen LogP contribution >= 0.6 is 0 Å². The van der Waals surface area contributed by atoms with Crippen LogP contribution in [0.2, 0.25) is 0 Å². The van der Waals surface area contributed by atoms with Crippen LogP contribution in [0.5, 0.6) is 5.75 Å². The first-order valence-electron chi connectivity index (χ1n) is 6.02. The highest BCUT2D eigenvalue weighted by Crippen LogP contribution is 2.27. The molecule has 0 amide bonds. The predicted molar refractivity (Wildman–Crippen MR) is 72.7 cm³/mol. The first-order valence-corrected chi connectivity index (χ1v) is 6.02. The van der Waals surface area contributed by atoms with Crippen LogP contribution in [-0.2, 0) is 0 Å². The number of carbonyl (C=O) groups excluding carboxylic acids is 1. The molecule has 0 unspecified atom stereocenters. The molecule has 2 aromatic carbocycles. The molecule has 0 aliphatic carbocycles. The summed E-state index contributed by atoms with van der Waals surface area (Å²) in [7, 11) is 0. The molecule has 2 rings (SSSR count). The lowest BCUT2D eigenvalue weighted by atomic mass is 9.96. The van der Waals surface area contributed by atoms with Gasteiger partial charge in [0.15, 0.2) is 5.78 Å². The van der Waals surface area contributed by atoms with E-state index in [1.807, 2.05) is 50.2 Å². The lowest BCUT2D eigenvalue weighted by Gasteiger charge is -2.09. The van der Waals surface area contributed by atoms with Crippen molar-refractivity contribution in [2.75, 3.05) is 0 Å². The first-order chi connectivity index (χ1) is 8.59. The maximum atomic E-state index is 12.0. The number of aromatic hydroxyl groups is 1. The molecule has 0 radical (unpaired) electrons.